The maximum atomic E-state index is 12.9. The molecular weight excluding hydrogens is 390 g/mol. The zero-order valence-electron chi connectivity index (χ0n) is 16.3. The van der Waals surface area contributed by atoms with Crippen molar-refractivity contribution in [1.82, 2.24) is 4.90 Å². The third-order valence-corrected chi connectivity index (χ3v) is 4.82. The van der Waals surface area contributed by atoms with Crippen molar-refractivity contribution in [2.24, 2.45) is 5.41 Å². The second-order valence-electron chi connectivity index (χ2n) is 8.19. The number of rotatable bonds is 7. The highest BCUT2D eigenvalue weighted by Gasteiger charge is 2.27. The monoisotopic (exact) mass is 417 g/mol. The number of hydrogen-bond donors (Lipinski definition) is 0. The normalized spacial score (nSPS) is 17.7. The van der Waals surface area contributed by atoms with Crippen molar-refractivity contribution in [2.45, 2.75) is 52.7 Å². The van der Waals surface area contributed by atoms with E-state index >= 15 is 0 Å². The lowest BCUT2D eigenvalue weighted by Crippen LogP contribution is -2.38. The Hall–Kier alpha value is -1.31. The van der Waals surface area contributed by atoms with Crippen LogP contribution in [0.15, 0.2) is 18.2 Å². The summed E-state index contributed by atoms with van der Waals surface area (Å²) in [5.41, 5.74) is 0.389. The van der Waals surface area contributed by atoms with Crippen LogP contribution in [-0.4, -0.2) is 44.7 Å². The van der Waals surface area contributed by atoms with Crippen molar-refractivity contribution in [3.63, 3.8) is 0 Å². The summed E-state index contributed by atoms with van der Waals surface area (Å²) >= 11 is 6.09. The summed E-state index contributed by atoms with van der Waals surface area (Å²) in [6.07, 6.45) is 3.24. The van der Waals surface area contributed by atoms with Crippen molar-refractivity contribution >= 4 is 27.6 Å². The van der Waals surface area contributed by atoms with E-state index in [0.717, 1.165) is 19.1 Å². The topological polar surface area (TPSA) is 72.9 Å². The van der Waals surface area contributed by atoms with Gasteiger partial charge in [0, 0.05) is 36.7 Å². The first-order valence-corrected chi connectivity index (χ1v) is 11.2. The van der Waals surface area contributed by atoms with Crippen molar-refractivity contribution < 1.29 is 22.1 Å². The van der Waals surface area contributed by atoms with Gasteiger partial charge in [0.15, 0.2) is 0 Å². The molecule has 1 aromatic rings. The smallest absolute Gasteiger partial charge is 0.306 e. The van der Waals surface area contributed by atoms with Crippen LogP contribution in [0.25, 0.3) is 0 Å². The van der Waals surface area contributed by atoms with Gasteiger partial charge in [0.2, 0.25) is 5.91 Å². The Balaban J connectivity index is 2.27. The highest BCUT2D eigenvalue weighted by Crippen LogP contribution is 2.28. The lowest BCUT2D eigenvalue weighted by molar-refractivity contribution is -0.135. The minimum absolute atomic E-state index is 0.00706. The number of amides is 1. The number of hydrogen-bond acceptors (Lipinski definition) is 5. The SMILES string of the molecule is CC(C)(C)CC(=O)N(Cc1cc(Cl)ccc1OS(C)(=O)=O)C[C@@H]1CCCO1. The molecule has 0 aromatic heterocycles. The zero-order valence-corrected chi connectivity index (χ0v) is 17.9. The molecule has 152 valence electrons. The van der Waals surface area contributed by atoms with Crippen LogP contribution in [0.4, 0.5) is 0 Å². The number of benzene rings is 1. The second kappa shape index (κ2) is 8.80. The fourth-order valence-corrected chi connectivity index (χ4v) is 3.66. The van der Waals surface area contributed by atoms with Crippen LogP contribution >= 0.6 is 11.6 Å². The van der Waals surface area contributed by atoms with Crippen LogP contribution in [0.5, 0.6) is 5.75 Å². The Morgan fingerprint density at radius 1 is 1.37 bits per heavy atom. The number of halogens is 1. The summed E-state index contributed by atoms with van der Waals surface area (Å²) in [6.45, 7) is 7.39. The van der Waals surface area contributed by atoms with Crippen LogP contribution < -0.4 is 4.18 Å². The van der Waals surface area contributed by atoms with Crippen LogP contribution in [0.1, 0.15) is 45.6 Å². The lowest BCUT2D eigenvalue weighted by atomic mass is 9.91. The van der Waals surface area contributed by atoms with E-state index < -0.39 is 10.1 Å². The number of ether oxygens (including phenoxy) is 1. The van der Waals surface area contributed by atoms with Gasteiger partial charge in [-0.3, -0.25) is 4.79 Å². The summed E-state index contributed by atoms with van der Waals surface area (Å²) in [5, 5.41) is 0.450. The second-order valence-corrected chi connectivity index (χ2v) is 10.2. The average molecular weight is 418 g/mol. The van der Waals surface area contributed by atoms with E-state index in [2.05, 4.69) is 0 Å². The van der Waals surface area contributed by atoms with Gasteiger partial charge in [-0.1, -0.05) is 32.4 Å². The minimum atomic E-state index is -3.69. The highest BCUT2D eigenvalue weighted by atomic mass is 35.5. The maximum Gasteiger partial charge on any atom is 0.306 e. The van der Waals surface area contributed by atoms with Gasteiger partial charge in [0.25, 0.3) is 0 Å². The molecule has 6 nitrogen and oxygen atoms in total. The molecule has 8 heteroatoms. The van der Waals surface area contributed by atoms with Crippen molar-refractivity contribution in [3.8, 4) is 5.75 Å². The van der Waals surface area contributed by atoms with Crippen molar-refractivity contribution in [3.05, 3.63) is 28.8 Å². The fourth-order valence-electron chi connectivity index (χ4n) is 2.98. The molecule has 0 radical (unpaired) electrons. The van der Waals surface area contributed by atoms with Crippen LogP contribution in [0.3, 0.4) is 0 Å². The summed E-state index contributed by atoms with van der Waals surface area (Å²) < 4.78 is 33.9. The van der Waals surface area contributed by atoms with Gasteiger partial charge in [0.05, 0.1) is 12.4 Å². The molecule has 0 N–H and O–H groups in total. The molecule has 1 amide bonds. The van der Waals surface area contributed by atoms with E-state index in [9.17, 15) is 13.2 Å². The Morgan fingerprint density at radius 3 is 2.63 bits per heavy atom. The first-order chi connectivity index (χ1) is 12.4. The summed E-state index contributed by atoms with van der Waals surface area (Å²) in [7, 11) is -3.69. The first-order valence-electron chi connectivity index (χ1n) is 9.00. The van der Waals surface area contributed by atoms with E-state index in [4.69, 9.17) is 20.5 Å². The molecule has 27 heavy (non-hydrogen) atoms. The van der Waals surface area contributed by atoms with Crippen molar-refractivity contribution in [2.75, 3.05) is 19.4 Å². The van der Waals surface area contributed by atoms with Gasteiger partial charge >= 0.3 is 10.1 Å². The van der Waals surface area contributed by atoms with E-state index in [-0.39, 0.29) is 29.7 Å². The quantitative estimate of drug-likeness (QED) is 0.633. The Labute approximate surface area is 166 Å². The molecule has 1 aromatic carbocycles. The molecule has 1 aliphatic heterocycles. The van der Waals surface area contributed by atoms with E-state index in [0.29, 0.717) is 30.2 Å². The fraction of sp³-hybridized carbons (Fsp3) is 0.632. The summed E-state index contributed by atoms with van der Waals surface area (Å²) in [4.78, 5) is 14.6. The van der Waals surface area contributed by atoms with Gasteiger partial charge < -0.3 is 13.8 Å². The third kappa shape index (κ3) is 7.68. The molecule has 0 spiro atoms. The molecule has 2 rings (SSSR count). The van der Waals surface area contributed by atoms with Gasteiger partial charge in [-0.25, -0.2) is 0 Å². The molecule has 0 saturated carbocycles. The molecule has 1 heterocycles. The Bertz CT molecular complexity index is 767. The van der Waals surface area contributed by atoms with Gasteiger partial charge in [-0.05, 0) is 36.5 Å². The predicted molar refractivity (Wildman–Crippen MR) is 105 cm³/mol. The van der Waals surface area contributed by atoms with Gasteiger partial charge in [0.1, 0.15) is 5.75 Å². The number of carbonyl (C=O) groups excluding carboxylic acids is 1. The molecule has 1 aliphatic rings. The number of carbonyl (C=O) groups is 1. The molecule has 1 saturated heterocycles. The van der Waals surface area contributed by atoms with Crippen LogP contribution in [-0.2, 0) is 26.2 Å². The average Bonchev–Trinajstić information content (AvgIpc) is 2.99. The molecule has 1 atom stereocenters. The van der Waals surface area contributed by atoms with Crippen LogP contribution in [0.2, 0.25) is 5.02 Å². The maximum absolute atomic E-state index is 12.9. The minimum Gasteiger partial charge on any atom is -0.382 e. The molecule has 0 aliphatic carbocycles. The summed E-state index contributed by atoms with van der Waals surface area (Å²) in [5.74, 6) is 0.172. The van der Waals surface area contributed by atoms with E-state index in [1.54, 1.807) is 17.0 Å². The van der Waals surface area contributed by atoms with Gasteiger partial charge in [-0.15, -0.1) is 0 Å². The van der Waals surface area contributed by atoms with E-state index in [1.807, 2.05) is 20.8 Å². The van der Waals surface area contributed by atoms with Crippen molar-refractivity contribution in [1.29, 1.82) is 0 Å². The Morgan fingerprint density at radius 2 is 2.07 bits per heavy atom. The lowest BCUT2D eigenvalue weighted by Gasteiger charge is -2.29. The largest absolute Gasteiger partial charge is 0.382 e. The molecular formula is C19H28ClNO5S. The number of nitrogens with zero attached hydrogens (tertiary/aromatic N) is 1. The van der Waals surface area contributed by atoms with E-state index in [1.165, 1.54) is 6.07 Å². The third-order valence-electron chi connectivity index (χ3n) is 4.11. The first kappa shape index (κ1) is 22.0. The summed E-state index contributed by atoms with van der Waals surface area (Å²) in [6, 6.07) is 4.71. The van der Waals surface area contributed by atoms with Crippen LogP contribution in [0, 0.1) is 5.41 Å². The molecule has 0 bridgehead atoms. The highest BCUT2D eigenvalue weighted by molar-refractivity contribution is 7.86. The Kier molecular flexibility index (Phi) is 7.16. The predicted octanol–water partition coefficient (Wildman–Crippen LogP) is 3.62. The standard InChI is InChI=1S/C19H28ClNO5S/c1-19(2,3)11-18(22)21(13-16-6-5-9-25-16)12-14-10-15(20)7-8-17(14)26-27(4,23)24/h7-8,10,16H,5-6,9,11-13H2,1-4H3/t16-/m0/s1. The molecule has 0 unspecified atom stereocenters. The zero-order chi connectivity index (χ0) is 20.2. The molecule has 1 fully saturated rings. The van der Waals surface area contributed by atoms with Gasteiger partial charge in [-0.2, -0.15) is 8.42 Å².